The van der Waals surface area contributed by atoms with E-state index in [1.165, 1.54) is 0 Å². The summed E-state index contributed by atoms with van der Waals surface area (Å²) in [6.07, 6.45) is 0. The molecule has 0 aliphatic heterocycles. The molecule has 3 aromatic heterocycles. The summed E-state index contributed by atoms with van der Waals surface area (Å²) >= 11 is 0. The molecule has 8 rings (SSSR count). The summed E-state index contributed by atoms with van der Waals surface area (Å²) in [7, 11) is 0. The SMILES string of the molecule is c1cc2cc(c1)c1cccc(n1)c1cccc(c1)c1cccc(c1)c1nc(nc3ccccc31)c1cccc2c1. The Bertz CT molecular complexity index is 2390. The average molecular weight is 510 g/mol. The van der Waals surface area contributed by atoms with Gasteiger partial charge >= 0.3 is 0 Å². The number of para-hydroxylation sites is 1. The van der Waals surface area contributed by atoms with Gasteiger partial charge in [0.15, 0.2) is 5.65 Å². The third-order valence-electron chi connectivity index (χ3n) is 7.59. The summed E-state index contributed by atoms with van der Waals surface area (Å²) < 4.78 is 0. The van der Waals surface area contributed by atoms with Gasteiger partial charge in [0, 0.05) is 26.9 Å². The minimum Gasteiger partial charge on any atom is -0.248 e. The van der Waals surface area contributed by atoms with Gasteiger partial charge in [-0.05, 0) is 64.0 Å². The molecule has 186 valence electrons. The highest BCUT2D eigenvalue weighted by atomic mass is 14.9. The van der Waals surface area contributed by atoms with Gasteiger partial charge in [-0.25, -0.2) is 15.0 Å². The first-order valence-electron chi connectivity index (χ1n) is 13.4. The third-order valence-corrected chi connectivity index (χ3v) is 7.59. The van der Waals surface area contributed by atoms with Crippen LogP contribution in [0.1, 0.15) is 0 Å². The quantitative estimate of drug-likeness (QED) is 0.204. The number of benzene rings is 5. The lowest BCUT2D eigenvalue weighted by atomic mass is 10.1. The summed E-state index contributed by atoms with van der Waals surface area (Å²) in [5.74, 6) is 0. The minimum absolute atomic E-state index is 0.717. The number of hydrogen-bond donors (Lipinski definition) is 0. The Hall–Kier alpha value is -5.41. The molecule has 0 spiro atoms. The molecule has 0 amide bonds. The summed E-state index contributed by atoms with van der Waals surface area (Å²) in [6, 6.07) is 48.8. The Labute approximate surface area is 230 Å². The minimum atomic E-state index is 0.717. The number of fused-ring (bicyclic) bond motifs is 20. The molecule has 40 heavy (non-hydrogen) atoms. The zero-order chi connectivity index (χ0) is 26.5. The van der Waals surface area contributed by atoms with Gasteiger partial charge in [-0.1, -0.05) is 97.1 Å². The molecule has 0 unspecified atom stereocenters. The smallest absolute Gasteiger partial charge is 0.160 e. The molecule has 0 aliphatic rings. The van der Waals surface area contributed by atoms with Crippen LogP contribution in [0.15, 0.2) is 140 Å². The highest BCUT2D eigenvalue weighted by molar-refractivity contribution is 6.06. The molecule has 3 nitrogen and oxygen atoms in total. The fraction of sp³-hybridized carbons (Fsp3) is 0. The maximum absolute atomic E-state index is 5.17. The van der Waals surface area contributed by atoms with Gasteiger partial charge in [0.05, 0.1) is 22.1 Å². The van der Waals surface area contributed by atoms with E-state index in [9.17, 15) is 0 Å². The molecule has 0 fully saturated rings. The summed E-state index contributed by atoms with van der Waals surface area (Å²) in [4.78, 5) is 15.2. The van der Waals surface area contributed by atoms with Gasteiger partial charge in [-0.2, -0.15) is 0 Å². The second-order valence-corrected chi connectivity index (χ2v) is 10.1. The standard InChI is InChI=1S/C37H23N3/c1-2-17-35-32(16-1)36-30-14-5-10-26(22-30)24-8-3-12-28(20-24)33-18-7-19-34(38-33)29-13-4-9-25(21-29)27-11-6-15-31(23-27)37(39-35)40-36/h1-23H. The topological polar surface area (TPSA) is 38.7 Å². The molecule has 0 saturated carbocycles. The summed E-state index contributed by atoms with van der Waals surface area (Å²) in [6.45, 7) is 0. The highest BCUT2D eigenvalue weighted by Crippen LogP contribution is 2.26. The second-order valence-electron chi connectivity index (χ2n) is 10.1. The van der Waals surface area contributed by atoms with Crippen LogP contribution in [0.25, 0.3) is 76.2 Å². The molecule has 0 aliphatic carbocycles. The predicted octanol–water partition coefficient (Wildman–Crippen LogP) is 9.63. The van der Waals surface area contributed by atoms with E-state index in [-0.39, 0.29) is 0 Å². The van der Waals surface area contributed by atoms with E-state index in [2.05, 4.69) is 133 Å². The molecular formula is C37H23N3. The Balaban J connectivity index is 1.64. The van der Waals surface area contributed by atoms with E-state index in [1.54, 1.807) is 0 Å². The first-order valence-corrected chi connectivity index (χ1v) is 13.4. The molecule has 12 bridgehead atoms. The third kappa shape index (κ3) is 3.88. The van der Waals surface area contributed by atoms with Gasteiger partial charge in [0.25, 0.3) is 0 Å². The van der Waals surface area contributed by atoms with Crippen LogP contribution in [0.2, 0.25) is 0 Å². The van der Waals surface area contributed by atoms with Gasteiger partial charge in [0.1, 0.15) is 0 Å². The van der Waals surface area contributed by atoms with E-state index < -0.39 is 0 Å². The lowest BCUT2D eigenvalue weighted by molar-refractivity contribution is 1.37. The van der Waals surface area contributed by atoms with Gasteiger partial charge in [-0.15, -0.1) is 0 Å². The molecule has 0 atom stereocenters. The van der Waals surface area contributed by atoms with Crippen molar-refractivity contribution in [2.24, 2.45) is 0 Å². The fourth-order valence-electron chi connectivity index (χ4n) is 5.58. The van der Waals surface area contributed by atoms with Crippen molar-refractivity contribution in [3.63, 3.8) is 0 Å². The predicted molar refractivity (Wildman–Crippen MR) is 169 cm³/mol. The fourth-order valence-corrected chi connectivity index (χ4v) is 5.58. The second kappa shape index (κ2) is 9.11. The van der Waals surface area contributed by atoms with Crippen molar-refractivity contribution in [1.82, 2.24) is 15.0 Å². The monoisotopic (exact) mass is 509 g/mol. The van der Waals surface area contributed by atoms with Crippen LogP contribution in [0.4, 0.5) is 0 Å². The Kier molecular flexibility index (Phi) is 5.14. The first kappa shape index (κ1) is 22.6. The molecule has 5 aromatic carbocycles. The van der Waals surface area contributed by atoms with Gasteiger partial charge in [-0.3, -0.25) is 0 Å². The number of nitrogens with zero attached hydrogens (tertiary/aromatic N) is 3. The van der Waals surface area contributed by atoms with Crippen molar-refractivity contribution in [3.05, 3.63) is 140 Å². The summed E-state index contributed by atoms with van der Waals surface area (Å²) in [5.41, 5.74) is 4.49. The molecule has 0 N–H and O–H groups in total. The zero-order valence-electron chi connectivity index (χ0n) is 21.6. The number of aromatic nitrogens is 3. The van der Waals surface area contributed by atoms with E-state index in [0.717, 1.165) is 76.2 Å². The average Bonchev–Trinajstić information content (AvgIpc) is 3.04. The van der Waals surface area contributed by atoms with Crippen LogP contribution in [0.5, 0.6) is 0 Å². The van der Waals surface area contributed by atoms with E-state index in [4.69, 9.17) is 15.0 Å². The van der Waals surface area contributed by atoms with Crippen LogP contribution in [-0.4, -0.2) is 15.0 Å². The number of rotatable bonds is 0. The van der Waals surface area contributed by atoms with Crippen molar-refractivity contribution in [1.29, 1.82) is 0 Å². The molecular weight excluding hydrogens is 486 g/mol. The maximum Gasteiger partial charge on any atom is 0.160 e. The largest absolute Gasteiger partial charge is 0.248 e. The van der Waals surface area contributed by atoms with E-state index in [1.807, 2.05) is 6.07 Å². The van der Waals surface area contributed by atoms with Crippen molar-refractivity contribution < 1.29 is 0 Å². The molecule has 0 saturated heterocycles. The zero-order valence-corrected chi connectivity index (χ0v) is 21.6. The van der Waals surface area contributed by atoms with Crippen molar-refractivity contribution in [2.75, 3.05) is 0 Å². The van der Waals surface area contributed by atoms with Crippen LogP contribution in [0.3, 0.4) is 0 Å². The highest BCUT2D eigenvalue weighted by Gasteiger charge is 2.05. The van der Waals surface area contributed by atoms with Crippen LogP contribution in [-0.2, 0) is 0 Å². The van der Waals surface area contributed by atoms with Crippen molar-refractivity contribution in [2.45, 2.75) is 0 Å². The molecule has 3 heteroatoms. The van der Waals surface area contributed by atoms with Crippen LogP contribution in [0, 0.1) is 0 Å². The van der Waals surface area contributed by atoms with Crippen LogP contribution < -0.4 is 0 Å². The van der Waals surface area contributed by atoms with Crippen LogP contribution >= 0.6 is 0 Å². The van der Waals surface area contributed by atoms with Crippen molar-refractivity contribution >= 4 is 76.2 Å². The Morgan fingerprint density at radius 1 is 0.300 bits per heavy atom. The molecule has 8 aromatic rings. The van der Waals surface area contributed by atoms with Crippen molar-refractivity contribution in [3.8, 4) is 0 Å². The van der Waals surface area contributed by atoms with Gasteiger partial charge in [0.2, 0.25) is 0 Å². The van der Waals surface area contributed by atoms with E-state index in [0.29, 0.717) is 0 Å². The normalized spacial score (nSPS) is 11.5. The maximum atomic E-state index is 5.17. The molecule has 0 radical (unpaired) electrons. The lowest BCUT2D eigenvalue weighted by Gasteiger charge is -2.04. The lowest BCUT2D eigenvalue weighted by Crippen LogP contribution is -1.87. The first-order chi connectivity index (χ1) is 19.8. The Morgan fingerprint density at radius 2 is 0.750 bits per heavy atom. The molecule has 3 heterocycles. The number of hydrogen-bond acceptors (Lipinski definition) is 3. The van der Waals surface area contributed by atoms with Gasteiger partial charge < -0.3 is 0 Å². The van der Waals surface area contributed by atoms with E-state index >= 15 is 0 Å². The summed E-state index contributed by atoms with van der Waals surface area (Å²) in [5, 5.41) is 9.78. The number of pyridine rings is 1. The Morgan fingerprint density at radius 3 is 1.40 bits per heavy atom.